The van der Waals surface area contributed by atoms with Crippen LogP contribution in [0.25, 0.3) is 0 Å². The second kappa shape index (κ2) is 8.83. The monoisotopic (exact) mass is 365 g/mol. The van der Waals surface area contributed by atoms with Crippen LogP contribution < -0.4 is 24.3 Å². The summed E-state index contributed by atoms with van der Waals surface area (Å²) in [5.41, 5.74) is 1.94. The molecule has 6 heteroatoms. The molecule has 0 spiro atoms. The normalized spacial score (nSPS) is 11.8. The number of hydrogen-bond donors (Lipinski definition) is 1. The Morgan fingerprint density at radius 3 is 2.20 bits per heavy atom. The minimum Gasteiger partial charge on any atom is -0.497 e. The molecule has 1 atom stereocenters. The molecule has 0 saturated heterocycles. The van der Waals surface area contributed by atoms with Gasteiger partial charge >= 0.3 is 0 Å². The zero-order valence-electron chi connectivity index (χ0n) is 15.2. The third-order valence-corrected chi connectivity index (χ3v) is 4.48. The van der Waals surface area contributed by atoms with E-state index in [4.69, 9.17) is 30.5 Å². The van der Waals surface area contributed by atoms with Crippen LogP contribution in [0.1, 0.15) is 24.1 Å². The van der Waals surface area contributed by atoms with E-state index in [-0.39, 0.29) is 6.04 Å². The van der Waals surface area contributed by atoms with Crippen LogP contribution in [0.3, 0.4) is 0 Å². The van der Waals surface area contributed by atoms with E-state index in [0.717, 1.165) is 22.6 Å². The van der Waals surface area contributed by atoms with Crippen molar-refractivity contribution in [1.29, 1.82) is 0 Å². The molecule has 0 aromatic heterocycles. The highest BCUT2D eigenvalue weighted by atomic mass is 35.5. The Kier molecular flexibility index (Phi) is 6.79. The summed E-state index contributed by atoms with van der Waals surface area (Å²) < 4.78 is 21.4. The zero-order chi connectivity index (χ0) is 18.4. The summed E-state index contributed by atoms with van der Waals surface area (Å²) in [6.07, 6.45) is 0. The average Bonchev–Trinajstić information content (AvgIpc) is 2.65. The molecule has 136 valence electrons. The van der Waals surface area contributed by atoms with Gasteiger partial charge in [-0.05, 0) is 36.8 Å². The summed E-state index contributed by atoms with van der Waals surface area (Å²) in [7, 11) is 6.46. The fourth-order valence-corrected chi connectivity index (χ4v) is 2.92. The van der Waals surface area contributed by atoms with E-state index in [9.17, 15) is 0 Å². The molecule has 0 radical (unpaired) electrons. The number of nitrogens with one attached hydrogen (secondary N) is 1. The lowest BCUT2D eigenvalue weighted by molar-refractivity contribution is 0.354. The van der Waals surface area contributed by atoms with Crippen LogP contribution >= 0.6 is 11.6 Å². The van der Waals surface area contributed by atoms with Crippen LogP contribution in [0.2, 0.25) is 5.02 Å². The highest BCUT2D eigenvalue weighted by Gasteiger charge is 2.16. The highest BCUT2D eigenvalue weighted by Crippen LogP contribution is 2.37. The molecule has 0 saturated carbocycles. The second-order valence-corrected chi connectivity index (χ2v) is 5.86. The Morgan fingerprint density at radius 1 is 0.920 bits per heavy atom. The number of methoxy groups -OCH3 is 4. The molecule has 2 rings (SSSR count). The van der Waals surface area contributed by atoms with Crippen LogP contribution in [-0.2, 0) is 6.54 Å². The maximum absolute atomic E-state index is 6.44. The summed E-state index contributed by atoms with van der Waals surface area (Å²) in [4.78, 5) is 0. The van der Waals surface area contributed by atoms with Gasteiger partial charge in [-0.15, -0.1) is 0 Å². The first-order valence-electron chi connectivity index (χ1n) is 7.90. The van der Waals surface area contributed by atoms with Gasteiger partial charge < -0.3 is 24.3 Å². The third-order valence-electron chi connectivity index (χ3n) is 4.07. The SMILES string of the molecule is COc1ccc(OC)c(C(C)NCc2ccc(OC)c(OC)c2Cl)c1. The van der Waals surface area contributed by atoms with E-state index >= 15 is 0 Å². The summed E-state index contributed by atoms with van der Waals surface area (Å²) in [5, 5.41) is 4.00. The fraction of sp³-hybridized carbons (Fsp3) is 0.368. The maximum atomic E-state index is 6.44. The van der Waals surface area contributed by atoms with Gasteiger partial charge in [0.2, 0.25) is 0 Å². The third kappa shape index (κ3) is 4.30. The topological polar surface area (TPSA) is 49.0 Å². The number of hydrogen-bond acceptors (Lipinski definition) is 5. The van der Waals surface area contributed by atoms with Crippen molar-refractivity contribution < 1.29 is 18.9 Å². The predicted molar refractivity (Wildman–Crippen MR) is 99.4 cm³/mol. The molecule has 0 fully saturated rings. The minimum absolute atomic E-state index is 0.0363. The first-order valence-corrected chi connectivity index (χ1v) is 8.28. The molecule has 1 N–H and O–H groups in total. The Bertz CT molecular complexity index is 721. The summed E-state index contributed by atoms with van der Waals surface area (Å²) in [6, 6.07) is 9.54. The Labute approximate surface area is 153 Å². The van der Waals surface area contributed by atoms with Crippen molar-refractivity contribution in [3.63, 3.8) is 0 Å². The van der Waals surface area contributed by atoms with E-state index in [1.807, 2.05) is 30.3 Å². The van der Waals surface area contributed by atoms with Crippen molar-refractivity contribution in [3.8, 4) is 23.0 Å². The number of ether oxygens (including phenoxy) is 4. The molecule has 0 bridgehead atoms. The Morgan fingerprint density at radius 2 is 1.60 bits per heavy atom. The molecule has 2 aromatic rings. The van der Waals surface area contributed by atoms with Crippen molar-refractivity contribution in [1.82, 2.24) is 5.32 Å². The van der Waals surface area contributed by atoms with E-state index in [2.05, 4.69) is 12.2 Å². The Hall–Kier alpha value is -2.11. The van der Waals surface area contributed by atoms with Gasteiger partial charge in [0.05, 0.1) is 33.5 Å². The van der Waals surface area contributed by atoms with Crippen LogP contribution in [0.5, 0.6) is 23.0 Å². The number of benzene rings is 2. The van der Waals surface area contributed by atoms with Crippen molar-refractivity contribution in [2.45, 2.75) is 19.5 Å². The van der Waals surface area contributed by atoms with Crippen molar-refractivity contribution in [3.05, 3.63) is 46.5 Å². The summed E-state index contributed by atoms with van der Waals surface area (Å²) in [5.74, 6) is 2.74. The minimum atomic E-state index is 0.0363. The predicted octanol–water partition coefficient (Wildman–Crippen LogP) is 4.23. The van der Waals surface area contributed by atoms with Crippen LogP contribution in [-0.4, -0.2) is 28.4 Å². The lowest BCUT2D eigenvalue weighted by Crippen LogP contribution is -2.19. The lowest BCUT2D eigenvalue weighted by Gasteiger charge is -2.19. The van der Waals surface area contributed by atoms with Gasteiger partial charge in [0.25, 0.3) is 0 Å². The standard InChI is InChI=1S/C19H24ClNO4/c1-12(15-10-14(22-2)7-9-16(15)23-3)21-11-13-6-8-17(24-4)19(25-5)18(13)20/h6-10,12,21H,11H2,1-5H3. The van der Waals surface area contributed by atoms with Crippen LogP contribution in [0.4, 0.5) is 0 Å². The molecule has 0 aliphatic carbocycles. The molecule has 0 heterocycles. The van der Waals surface area contributed by atoms with E-state index in [1.165, 1.54) is 0 Å². The van der Waals surface area contributed by atoms with Crippen LogP contribution in [0, 0.1) is 0 Å². The van der Waals surface area contributed by atoms with Gasteiger partial charge in [-0.3, -0.25) is 0 Å². The summed E-state index contributed by atoms with van der Waals surface area (Å²) >= 11 is 6.44. The van der Waals surface area contributed by atoms with E-state index in [0.29, 0.717) is 23.1 Å². The Balaban J connectivity index is 2.19. The quantitative estimate of drug-likeness (QED) is 0.758. The lowest BCUT2D eigenvalue weighted by atomic mass is 10.1. The highest BCUT2D eigenvalue weighted by molar-refractivity contribution is 6.33. The first-order chi connectivity index (χ1) is 12.0. The average molecular weight is 366 g/mol. The van der Waals surface area contributed by atoms with E-state index < -0.39 is 0 Å². The molecular weight excluding hydrogens is 342 g/mol. The van der Waals surface area contributed by atoms with Crippen molar-refractivity contribution >= 4 is 11.6 Å². The van der Waals surface area contributed by atoms with Gasteiger partial charge in [0.1, 0.15) is 11.5 Å². The molecule has 1 unspecified atom stereocenters. The van der Waals surface area contributed by atoms with Gasteiger partial charge in [0, 0.05) is 18.2 Å². The molecule has 0 amide bonds. The van der Waals surface area contributed by atoms with Gasteiger partial charge in [-0.25, -0.2) is 0 Å². The van der Waals surface area contributed by atoms with Gasteiger partial charge in [-0.1, -0.05) is 17.7 Å². The molecule has 2 aromatic carbocycles. The zero-order valence-corrected chi connectivity index (χ0v) is 15.9. The van der Waals surface area contributed by atoms with E-state index in [1.54, 1.807) is 28.4 Å². The van der Waals surface area contributed by atoms with Crippen molar-refractivity contribution in [2.24, 2.45) is 0 Å². The molecule has 5 nitrogen and oxygen atoms in total. The van der Waals surface area contributed by atoms with Gasteiger partial charge in [-0.2, -0.15) is 0 Å². The summed E-state index contributed by atoms with van der Waals surface area (Å²) in [6.45, 7) is 2.63. The molecule has 0 aliphatic rings. The van der Waals surface area contributed by atoms with Crippen LogP contribution in [0.15, 0.2) is 30.3 Å². The first kappa shape index (κ1) is 19.2. The second-order valence-electron chi connectivity index (χ2n) is 5.48. The van der Waals surface area contributed by atoms with Gasteiger partial charge in [0.15, 0.2) is 11.5 Å². The largest absolute Gasteiger partial charge is 0.497 e. The van der Waals surface area contributed by atoms with Crippen molar-refractivity contribution in [2.75, 3.05) is 28.4 Å². The molecular formula is C19H24ClNO4. The molecule has 25 heavy (non-hydrogen) atoms. The smallest absolute Gasteiger partial charge is 0.179 e. The maximum Gasteiger partial charge on any atom is 0.179 e. The fourth-order valence-electron chi connectivity index (χ4n) is 2.62. The number of halogens is 1. The molecule has 0 aliphatic heterocycles. The number of rotatable bonds is 8.